The number of carbonyl (C=O) groups is 1. The Labute approximate surface area is 154 Å². The minimum atomic E-state index is -0.541. The lowest BCUT2D eigenvalue weighted by Gasteiger charge is -2.09. The lowest BCUT2D eigenvalue weighted by molar-refractivity contribution is -0.117. The van der Waals surface area contributed by atoms with Crippen molar-refractivity contribution < 1.29 is 13.9 Å². The summed E-state index contributed by atoms with van der Waals surface area (Å²) in [6.07, 6.45) is 0. The van der Waals surface area contributed by atoms with Crippen LogP contribution in [-0.2, 0) is 11.3 Å². The zero-order valence-electron chi connectivity index (χ0n) is 14.8. The number of ether oxygens (including phenoxy) is 1. The number of pyridine rings is 1. The molecule has 0 aliphatic heterocycles. The Bertz CT molecular complexity index is 1050. The van der Waals surface area contributed by atoms with Crippen molar-refractivity contribution in [2.45, 2.75) is 13.5 Å². The van der Waals surface area contributed by atoms with E-state index in [-0.39, 0.29) is 17.8 Å². The Morgan fingerprint density at radius 3 is 2.74 bits per heavy atom. The van der Waals surface area contributed by atoms with E-state index in [0.29, 0.717) is 11.6 Å². The van der Waals surface area contributed by atoms with Crippen molar-refractivity contribution >= 4 is 11.7 Å². The maximum absolute atomic E-state index is 14.2. The van der Waals surface area contributed by atoms with Crippen LogP contribution < -0.4 is 15.6 Å². The van der Waals surface area contributed by atoms with Gasteiger partial charge in [-0.25, -0.2) is 14.1 Å². The summed E-state index contributed by atoms with van der Waals surface area (Å²) in [6.45, 7) is 1.48. The molecule has 7 nitrogen and oxygen atoms in total. The van der Waals surface area contributed by atoms with Gasteiger partial charge in [0.25, 0.3) is 5.56 Å². The normalized spacial score (nSPS) is 10.5. The predicted octanol–water partition coefficient (Wildman–Crippen LogP) is 2.40. The molecule has 1 aromatic carbocycles. The largest absolute Gasteiger partial charge is 0.497 e. The highest BCUT2D eigenvalue weighted by Gasteiger charge is 2.12. The molecule has 2 aromatic heterocycles. The van der Waals surface area contributed by atoms with Crippen LogP contribution in [0.2, 0.25) is 0 Å². The fraction of sp³-hybridized carbons (Fsp3) is 0.158. The summed E-state index contributed by atoms with van der Waals surface area (Å²) in [5.41, 5.74) is 0.710. The summed E-state index contributed by atoms with van der Waals surface area (Å²) in [4.78, 5) is 28.4. The molecule has 0 unspecified atom stereocenters. The highest BCUT2D eigenvalue weighted by molar-refractivity contribution is 5.89. The molecule has 0 saturated carbocycles. The number of benzene rings is 1. The molecule has 0 saturated heterocycles. The van der Waals surface area contributed by atoms with Gasteiger partial charge in [-0.3, -0.25) is 9.59 Å². The van der Waals surface area contributed by atoms with E-state index >= 15 is 0 Å². The number of halogens is 1. The molecule has 0 radical (unpaired) electrons. The molecule has 2 heterocycles. The number of nitrogens with one attached hydrogen (secondary N) is 1. The molecule has 138 valence electrons. The topological polar surface area (TPSA) is 86.1 Å². The highest BCUT2D eigenvalue weighted by Crippen LogP contribution is 2.23. The van der Waals surface area contributed by atoms with Crippen LogP contribution in [0, 0.1) is 12.7 Å². The SMILES string of the molecule is COc1ccc(-c2ccc(=O)n(CC(=O)Nc3cccc(C)n3)n2)c(F)c1. The van der Waals surface area contributed by atoms with Gasteiger partial charge in [-0.1, -0.05) is 6.07 Å². The fourth-order valence-electron chi connectivity index (χ4n) is 2.47. The van der Waals surface area contributed by atoms with Crippen molar-refractivity contribution in [2.24, 2.45) is 0 Å². The third-order valence-electron chi connectivity index (χ3n) is 3.77. The lowest BCUT2D eigenvalue weighted by Crippen LogP contribution is -2.29. The molecule has 0 aliphatic rings. The van der Waals surface area contributed by atoms with Gasteiger partial charge in [-0.2, -0.15) is 5.10 Å². The Balaban J connectivity index is 1.83. The first-order chi connectivity index (χ1) is 13.0. The minimum Gasteiger partial charge on any atom is -0.497 e. The number of anilines is 1. The average Bonchev–Trinajstić information content (AvgIpc) is 2.63. The van der Waals surface area contributed by atoms with Crippen LogP contribution in [0.15, 0.2) is 53.3 Å². The van der Waals surface area contributed by atoms with E-state index in [9.17, 15) is 14.0 Å². The van der Waals surface area contributed by atoms with E-state index in [2.05, 4.69) is 15.4 Å². The van der Waals surface area contributed by atoms with Gasteiger partial charge in [0.05, 0.1) is 12.8 Å². The number of hydrogen-bond acceptors (Lipinski definition) is 5. The maximum atomic E-state index is 14.2. The van der Waals surface area contributed by atoms with Crippen LogP contribution in [0.25, 0.3) is 11.3 Å². The van der Waals surface area contributed by atoms with E-state index in [1.165, 1.54) is 31.4 Å². The zero-order valence-corrected chi connectivity index (χ0v) is 14.8. The van der Waals surface area contributed by atoms with Gasteiger partial charge in [0.15, 0.2) is 0 Å². The van der Waals surface area contributed by atoms with Gasteiger partial charge in [-0.05, 0) is 37.3 Å². The molecule has 0 spiro atoms. The Morgan fingerprint density at radius 1 is 1.22 bits per heavy atom. The molecule has 3 aromatic rings. The number of methoxy groups -OCH3 is 1. The van der Waals surface area contributed by atoms with Crippen LogP contribution in [-0.4, -0.2) is 27.8 Å². The minimum absolute atomic E-state index is 0.199. The molecule has 0 aliphatic carbocycles. The first kappa shape index (κ1) is 18.2. The Hall–Kier alpha value is -3.55. The number of amides is 1. The molecule has 0 atom stereocenters. The van der Waals surface area contributed by atoms with E-state index in [1.807, 2.05) is 0 Å². The number of nitrogens with zero attached hydrogens (tertiary/aromatic N) is 3. The summed E-state index contributed by atoms with van der Waals surface area (Å²) in [5, 5.41) is 6.70. The lowest BCUT2D eigenvalue weighted by atomic mass is 10.1. The van der Waals surface area contributed by atoms with Crippen LogP contribution in [0.3, 0.4) is 0 Å². The van der Waals surface area contributed by atoms with Crippen LogP contribution in [0.1, 0.15) is 5.69 Å². The van der Waals surface area contributed by atoms with Crippen LogP contribution in [0.5, 0.6) is 5.75 Å². The summed E-state index contributed by atoms with van der Waals surface area (Å²) in [5.74, 6) is -0.254. The smallest absolute Gasteiger partial charge is 0.267 e. The average molecular weight is 368 g/mol. The second-order valence-corrected chi connectivity index (χ2v) is 5.77. The quantitative estimate of drug-likeness (QED) is 0.747. The first-order valence-electron chi connectivity index (χ1n) is 8.12. The Morgan fingerprint density at radius 2 is 2.04 bits per heavy atom. The third-order valence-corrected chi connectivity index (χ3v) is 3.77. The number of aryl methyl sites for hydroxylation is 1. The predicted molar refractivity (Wildman–Crippen MR) is 98.0 cm³/mol. The molecule has 0 bridgehead atoms. The standard InChI is InChI=1S/C19H17FN4O3/c1-12-4-3-5-17(21-12)22-18(25)11-24-19(26)9-8-16(23-24)14-7-6-13(27-2)10-15(14)20/h3-10H,11H2,1-2H3,(H,21,22,25). The molecule has 1 amide bonds. The van der Waals surface area contributed by atoms with E-state index in [1.54, 1.807) is 31.2 Å². The summed E-state index contributed by atoms with van der Waals surface area (Å²) in [7, 11) is 1.44. The summed E-state index contributed by atoms with van der Waals surface area (Å²) < 4.78 is 20.2. The molecular formula is C19H17FN4O3. The zero-order chi connectivity index (χ0) is 19.4. The van der Waals surface area contributed by atoms with Gasteiger partial charge in [0.2, 0.25) is 5.91 Å². The van der Waals surface area contributed by atoms with E-state index < -0.39 is 17.3 Å². The third kappa shape index (κ3) is 4.35. The van der Waals surface area contributed by atoms with E-state index in [0.717, 1.165) is 10.4 Å². The van der Waals surface area contributed by atoms with Crippen molar-refractivity contribution in [2.75, 3.05) is 12.4 Å². The summed E-state index contributed by atoms with van der Waals surface area (Å²) >= 11 is 0. The molecular weight excluding hydrogens is 351 g/mol. The van der Waals surface area contributed by atoms with E-state index in [4.69, 9.17) is 4.74 Å². The van der Waals surface area contributed by atoms with Crippen molar-refractivity contribution in [1.29, 1.82) is 0 Å². The summed E-state index contributed by atoms with van der Waals surface area (Å²) in [6, 6.07) is 12.2. The van der Waals surface area contributed by atoms with Gasteiger partial charge >= 0.3 is 0 Å². The fourth-order valence-corrected chi connectivity index (χ4v) is 2.47. The van der Waals surface area contributed by atoms with Gasteiger partial charge in [0, 0.05) is 23.4 Å². The molecule has 8 heteroatoms. The Kier molecular flexibility index (Phi) is 5.25. The highest BCUT2D eigenvalue weighted by atomic mass is 19.1. The van der Waals surface area contributed by atoms with Crippen LogP contribution in [0.4, 0.5) is 10.2 Å². The monoisotopic (exact) mass is 368 g/mol. The number of aromatic nitrogens is 3. The number of carbonyl (C=O) groups excluding carboxylic acids is 1. The molecule has 0 fully saturated rings. The molecule has 27 heavy (non-hydrogen) atoms. The van der Waals surface area contributed by atoms with Crippen molar-refractivity contribution in [3.8, 4) is 17.0 Å². The first-order valence-corrected chi connectivity index (χ1v) is 8.12. The van der Waals surface area contributed by atoms with Gasteiger partial charge < -0.3 is 10.1 Å². The van der Waals surface area contributed by atoms with Crippen molar-refractivity contribution in [1.82, 2.24) is 14.8 Å². The van der Waals surface area contributed by atoms with Crippen molar-refractivity contribution in [3.05, 3.63) is 70.4 Å². The molecule has 1 N–H and O–H groups in total. The van der Waals surface area contributed by atoms with Gasteiger partial charge in [-0.15, -0.1) is 0 Å². The van der Waals surface area contributed by atoms with Crippen molar-refractivity contribution in [3.63, 3.8) is 0 Å². The number of rotatable bonds is 5. The maximum Gasteiger partial charge on any atom is 0.267 e. The molecule has 3 rings (SSSR count). The van der Waals surface area contributed by atoms with Crippen LogP contribution >= 0.6 is 0 Å². The second-order valence-electron chi connectivity index (χ2n) is 5.77. The van der Waals surface area contributed by atoms with Gasteiger partial charge in [0.1, 0.15) is 23.9 Å². The second kappa shape index (κ2) is 7.77. The number of hydrogen-bond donors (Lipinski definition) is 1.